The van der Waals surface area contributed by atoms with Crippen molar-refractivity contribution < 1.29 is 4.79 Å². The summed E-state index contributed by atoms with van der Waals surface area (Å²) >= 11 is 1.77. The zero-order valence-electron chi connectivity index (χ0n) is 15.8. The Kier molecular flexibility index (Phi) is 6.12. The Morgan fingerprint density at radius 3 is 2.92 bits per heavy atom. The van der Waals surface area contributed by atoms with Gasteiger partial charge in [0.2, 0.25) is 5.91 Å². The van der Waals surface area contributed by atoms with Crippen LogP contribution in [0.25, 0.3) is 0 Å². The summed E-state index contributed by atoms with van der Waals surface area (Å²) < 4.78 is 0. The third-order valence-electron chi connectivity index (χ3n) is 5.12. The number of amides is 1. The number of thiazole rings is 1. The highest BCUT2D eigenvalue weighted by molar-refractivity contribution is 7.09. The van der Waals surface area contributed by atoms with Crippen LogP contribution in [0.1, 0.15) is 57.2 Å². The summed E-state index contributed by atoms with van der Waals surface area (Å²) in [6, 6.07) is 0.0329. The lowest BCUT2D eigenvalue weighted by Crippen LogP contribution is -2.45. The van der Waals surface area contributed by atoms with Gasteiger partial charge in [0.1, 0.15) is 0 Å². The van der Waals surface area contributed by atoms with Crippen LogP contribution >= 0.6 is 11.3 Å². The van der Waals surface area contributed by atoms with Crippen molar-refractivity contribution in [3.05, 3.63) is 16.1 Å². The molecular formula is C19H32N4OS. The molecule has 0 spiro atoms. The second-order valence-electron chi connectivity index (χ2n) is 8.53. The lowest BCUT2D eigenvalue weighted by atomic mass is 9.97. The number of carbonyl (C=O) groups excluding carboxylic acids is 1. The minimum absolute atomic E-state index is 0.0329. The first-order valence-corrected chi connectivity index (χ1v) is 10.5. The molecule has 1 amide bonds. The van der Waals surface area contributed by atoms with Crippen molar-refractivity contribution in [1.29, 1.82) is 0 Å². The first kappa shape index (κ1) is 18.8. The van der Waals surface area contributed by atoms with Crippen molar-refractivity contribution in [3.63, 3.8) is 0 Å². The first-order chi connectivity index (χ1) is 11.9. The molecule has 0 saturated carbocycles. The molecule has 2 aliphatic heterocycles. The van der Waals surface area contributed by atoms with Crippen LogP contribution in [-0.2, 0) is 16.8 Å². The zero-order chi connectivity index (χ0) is 17.9. The molecule has 25 heavy (non-hydrogen) atoms. The van der Waals surface area contributed by atoms with E-state index in [4.69, 9.17) is 4.98 Å². The van der Waals surface area contributed by atoms with E-state index in [2.05, 4.69) is 41.7 Å². The van der Waals surface area contributed by atoms with Crippen molar-refractivity contribution in [3.8, 4) is 0 Å². The van der Waals surface area contributed by atoms with E-state index in [-0.39, 0.29) is 17.4 Å². The molecule has 5 nitrogen and oxygen atoms in total. The Hall–Kier alpha value is -0.980. The van der Waals surface area contributed by atoms with Gasteiger partial charge in [-0.15, -0.1) is 11.3 Å². The average molecular weight is 365 g/mol. The van der Waals surface area contributed by atoms with E-state index in [1.54, 1.807) is 11.3 Å². The van der Waals surface area contributed by atoms with E-state index in [1.807, 2.05) is 0 Å². The number of aromatic nitrogens is 1. The molecule has 3 heterocycles. The Balaban J connectivity index is 1.46. The highest BCUT2D eigenvalue weighted by Gasteiger charge is 2.25. The number of likely N-dealkylation sites (tertiary alicyclic amines) is 1. The molecule has 2 atom stereocenters. The maximum absolute atomic E-state index is 12.2. The smallest absolute Gasteiger partial charge is 0.237 e. The molecule has 3 rings (SSSR count). The van der Waals surface area contributed by atoms with Crippen LogP contribution in [0.15, 0.2) is 5.38 Å². The van der Waals surface area contributed by atoms with E-state index in [9.17, 15) is 4.79 Å². The van der Waals surface area contributed by atoms with Gasteiger partial charge in [0.15, 0.2) is 0 Å². The number of nitrogens with zero attached hydrogens (tertiary/aromatic N) is 2. The molecule has 1 aromatic rings. The predicted octanol–water partition coefficient (Wildman–Crippen LogP) is 2.52. The maximum Gasteiger partial charge on any atom is 0.237 e. The molecule has 2 aliphatic rings. The monoisotopic (exact) mass is 364 g/mol. The molecule has 2 saturated heterocycles. The molecule has 6 heteroatoms. The lowest BCUT2D eigenvalue weighted by molar-refractivity contribution is -0.123. The van der Waals surface area contributed by atoms with Crippen molar-refractivity contribution in [2.75, 3.05) is 26.2 Å². The number of carbonyl (C=O) groups is 1. The average Bonchev–Trinajstić information content (AvgIpc) is 3.24. The standard InChI is InChI=1S/C19H32N4OS/c1-19(2,3)18-22-15(13-25-18)12-23-9-5-6-14(11-23)10-21-17(24)16-7-4-8-20-16/h13-14,16,20H,4-12H2,1-3H3,(H,21,24). The van der Waals surface area contributed by atoms with Gasteiger partial charge in [0.05, 0.1) is 16.7 Å². The molecular weight excluding hydrogens is 332 g/mol. The molecule has 2 unspecified atom stereocenters. The minimum Gasteiger partial charge on any atom is -0.354 e. The van der Waals surface area contributed by atoms with Crippen LogP contribution in [0, 0.1) is 5.92 Å². The summed E-state index contributed by atoms with van der Waals surface area (Å²) in [6.07, 6.45) is 4.50. The summed E-state index contributed by atoms with van der Waals surface area (Å²) in [5, 5.41) is 9.85. The number of rotatable bonds is 5. The SMILES string of the molecule is CC(C)(C)c1nc(CN2CCCC(CNC(=O)C3CCCN3)C2)cs1. The first-order valence-electron chi connectivity index (χ1n) is 9.60. The van der Waals surface area contributed by atoms with E-state index in [1.165, 1.54) is 23.5 Å². The summed E-state index contributed by atoms with van der Waals surface area (Å²) in [6.45, 7) is 11.5. The van der Waals surface area contributed by atoms with Crippen molar-refractivity contribution in [2.45, 2.75) is 64.5 Å². The lowest BCUT2D eigenvalue weighted by Gasteiger charge is -2.32. The summed E-state index contributed by atoms with van der Waals surface area (Å²) in [5.41, 5.74) is 1.32. The number of hydrogen-bond donors (Lipinski definition) is 2. The molecule has 1 aromatic heterocycles. The second-order valence-corrected chi connectivity index (χ2v) is 9.39. The molecule has 0 aliphatic carbocycles. The largest absolute Gasteiger partial charge is 0.354 e. The van der Waals surface area contributed by atoms with Gasteiger partial charge >= 0.3 is 0 Å². The third-order valence-corrected chi connectivity index (χ3v) is 6.44. The van der Waals surface area contributed by atoms with Crippen LogP contribution in [0.3, 0.4) is 0 Å². The quantitative estimate of drug-likeness (QED) is 0.843. The maximum atomic E-state index is 12.2. The predicted molar refractivity (Wildman–Crippen MR) is 103 cm³/mol. The highest BCUT2D eigenvalue weighted by Crippen LogP contribution is 2.26. The minimum atomic E-state index is 0.0329. The fourth-order valence-corrected chi connectivity index (χ4v) is 4.59. The summed E-state index contributed by atoms with van der Waals surface area (Å²) in [7, 11) is 0. The molecule has 140 valence electrons. The van der Waals surface area contributed by atoms with Crippen molar-refractivity contribution in [1.82, 2.24) is 20.5 Å². The van der Waals surface area contributed by atoms with Crippen LogP contribution < -0.4 is 10.6 Å². The highest BCUT2D eigenvalue weighted by atomic mass is 32.1. The van der Waals surface area contributed by atoms with E-state index in [0.717, 1.165) is 45.6 Å². The van der Waals surface area contributed by atoms with Gasteiger partial charge in [-0.25, -0.2) is 4.98 Å². The van der Waals surface area contributed by atoms with E-state index >= 15 is 0 Å². The van der Waals surface area contributed by atoms with Gasteiger partial charge in [-0.2, -0.15) is 0 Å². The molecule has 0 aromatic carbocycles. The van der Waals surface area contributed by atoms with Gasteiger partial charge in [0, 0.05) is 30.4 Å². The Bertz CT molecular complexity index is 574. The van der Waals surface area contributed by atoms with Gasteiger partial charge in [-0.3, -0.25) is 9.69 Å². The van der Waals surface area contributed by atoms with Crippen molar-refractivity contribution in [2.24, 2.45) is 5.92 Å². The summed E-state index contributed by atoms with van der Waals surface area (Å²) in [5.74, 6) is 0.740. The van der Waals surface area contributed by atoms with E-state index in [0.29, 0.717) is 5.92 Å². The van der Waals surface area contributed by atoms with Gasteiger partial charge in [-0.1, -0.05) is 20.8 Å². The topological polar surface area (TPSA) is 57.3 Å². The van der Waals surface area contributed by atoms with Crippen LogP contribution in [0.2, 0.25) is 0 Å². The Morgan fingerprint density at radius 2 is 2.24 bits per heavy atom. The van der Waals surface area contributed by atoms with Gasteiger partial charge in [0.25, 0.3) is 0 Å². The number of nitrogens with one attached hydrogen (secondary N) is 2. The molecule has 2 N–H and O–H groups in total. The van der Waals surface area contributed by atoms with E-state index < -0.39 is 0 Å². The fraction of sp³-hybridized carbons (Fsp3) is 0.789. The Morgan fingerprint density at radius 1 is 1.40 bits per heavy atom. The van der Waals surface area contributed by atoms with Crippen molar-refractivity contribution >= 4 is 17.2 Å². The molecule has 0 bridgehead atoms. The van der Waals surface area contributed by atoms with Crippen LogP contribution in [0.5, 0.6) is 0 Å². The van der Waals surface area contributed by atoms with Gasteiger partial charge in [-0.05, 0) is 44.7 Å². The fourth-order valence-electron chi connectivity index (χ4n) is 3.69. The van der Waals surface area contributed by atoms with Crippen LogP contribution in [-0.4, -0.2) is 48.0 Å². The summed E-state index contributed by atoms with van der Waals surface area (Å²) in [4.78, 5) is 19.5. The molecule has 0 radical (unpaired) electrons. The van der Waals surface area contributed by atoms with Crippen LogP contribution in [0.4, 0.5) is 0 Å². The zero-order valence-corrected chi connectivity index (χ0v) is 16.6. The Labute approximate surface area is 155 Å². The third kappa shape index (κ3) is 5.25. The second kappa shape index (κ2) is 8.14. The van der Waals surface area contributed by atoms with Gasteiger partial charge < -0.3 is 10.6 Å². The molecule has 2 fully saturated rings. The number of piperidine rings is 1. The normalized spacial score (nSPS) is 25.2. The number of hydrogen-bond acceptors (Lipinski definition) is 5.